The summed E-state index contributed by atoms with van der Waals surface area (Å²) in [6.07, 6.45) is 7.64. The first-order valence-corrected chi connectivity index (χ1v) is 8.37. The van der Waals surface area contributed by atoms with Crippen LogP contribution in [0.15, 0.2) is 72.0 Å². The van der Waals surface area contributed by atoms with E-state index in [0.717, 1.165) is 23.1 Å². The van der Waals surface area contributed by atoms with Gasteiger partial charge in [-0.25, -0.2) is 9.37 Å². The molecule has 1 aromatic heterocycles. The Morgan fingerprint density at radius 1 is 1.00 bits per heavy atom. The Morgan fingerprint density at radius 3 is 2.58 bits per heavy atom. The quantitative estimate of drug-likeness (QED) is 0.763. The number of hydrogen-bond acceptors (Lipinski definition) is 4. The summed E-state index contributed by atoms with van der Waals surface area (Å²) in [6, 6.07) is 15.1. The fourth-order valence-electron chi connectivity index (χ4n) is 3.09. The summed E-state index contributed by atoms with van der Waals surface area (Å²) in [6.45, 7) is 0. The molecule has 1 unspecified atom stereocenters. The lowest BCUT2D eigenvalue weighted by Crippen LogP contribution is -2.04. The molecular formula is C21H17FN4. The molecular weight excluding hydrogens is 327 g/mol. The van der Waals surface area contributed by atoms with Gasteiger partial charge in [0.25, 0.3) is 0 Å². The average molecular weight is 344 g/mol. The van der Waals surface area contributed by atoms with Crippen LogP contribution in [-0.2, 0) is 0 Å². The van der Waals surface area contributed by atoms with E-state index < -0.39 is 0 Å². The number of hydrogen-bond donors (Lipinski definition) is 1. The van der Waals surface area contributed by atoms with Crippen LogP contribution in [0.4, 0.5) is 10.2 Å². The monoisotopic (exact) mass is 344 g/mol. The molecule has 1 aliphatic heterocycles. The molecule has 3 aromatic rings. The number of halogens is 1. The molecule has 0 saturated carbocycles. The van der Waals surface area contributed by atoms with Gasteiger partial charge in [-0.3, -0.25) is 9.98 Å². The third-order valence-electron chi connectivity index (χ3n) is 4.36. The molecule has 0 radical (unpaired) electrons. The third kappa shape index (κ3) is 3.11. The second-order valence-electron chi connectivity index (χ2n) is 6.06. The van der Waals surface area contributed by atoms with E-state index in [1.807, 2.05) is 42.6 Å². The summed E-state index contributed by atoms with van der Waals surface area (Å²) in [5.74, 6) is -0.0365. The fraction of sp³-hybridized carbons (Fsp3) is 0.0952. The van der Waals surface area contributed by atoms with Gasteiger partial charge in [-0.05, 0) is 28.8 Å². The molecule has 0 fully saturated rings. The lowest BCUT2D eigenvalue weighted by Gasteiger charge is -2.21. The number of aliphatic imine (C=N–C) groups is 1. The van der Waals surface area contributed by atoms with Gasteiger partial charge in [0.2, 0.25) is 0 Å². The summed E-state index contributed by atoms with van der Waals surface area (Å²) in [7, 11) is 0. The van der Waals surface area contributed by atoms with Crippen molar-refractivity contribution >= 4 is 17.6 Å². The topological polar surface area (TPSA) is 64.2 Å². The van der Waals surface area contributed by atoms with Crippen molar-refractivity contribution in [2.24, 2.45) is 4.99 Å². The first-order chi connectivity index (χ1) is 12.7. The molecule has 0 amide bonds. The number of nitrogens with zero attached hydrogens (tertiary/aromatic N) is 3. The first-order valence-electron chi connectivity index (χ1n) is 8.37. The van der Waals surface area contributed by atoms with E-state index in [2.05, 4.69) is 21.0 Å². The van der Waals surface area contributed by atoms with E-state index in [9.17, 15) is 4.39 Å². The van der Waals surface area contributed by atoms with Crippen molar-refractivity contribution in [1.29, 1.82) is 0 Å². The molecule has 0 spiro atoms. The Kier molecular flexibility index (Phi) is 4.27. The molecule has 0 bridgehead atoms. The zero-order chi connectivity index (χ0) is 17.9. The van der Waals surface area contributed by atoms with Crippen LogP contribution >= 0.6 is 0 Å². The van der Waals surface area contributed by atoms with E-state index in [1.165, 1.54) is 18.5 Å². The molecule has 4 nitrogen and oxygen atoms in total. The van der Waals surface area contributed by atoms with Crippen molar-refractivity contribution in [2.45, 2.75) is 12.5 Å². The number of nitrogen functional groups attached to an aromatic ring is 1. The van der Waals surface area contributed by atoms with Crippen molar-refractivity contribution < 1.29 is 4.39 Å². The van der Waals surface area contributed by atoms with Crippen molar-refractivity contribution in [3.8, 4) is 11.3 Å². The van der Waals surface area contributed by atoms with Crippen molar-refractivity contribution in [2.75, 3.05) is 5.73 Å². The second kappa shape index (κ2) is 6.88. The fourth-order valence-corrected chi connectivity index (χ4v) is 3.09. The highest BCUT2D eigenvalue weighted by molar-refractivity contribution is 5.80. The maximum atomic E-state index is 14.8. The van der Waals surface area contributed by atoms with Crippen molar-refractivity contribution in [3.63, 3.8) is 0 Å². The Hall–Kier alpha value is -3.34. The maximum Gasteiger partial charge on any atom is 0.141 e. The summed E-state index contributed by atoms with van der Waals surface area (Å²) in [5.41, 5.74) is 9.32. The second-order valence-corrected chi connectivity index (χ2v) is 6.06. The SMILES string of the molecule is Nc1cnc(-c2ccc(C3=CCC=NC3c3ccccc3)cc2F)cn1. The maximum absolute atomic E-state index is 14.8. The van der Waals surface area contributed by atoms with Crippen molar-refractivity contribution in [3.05, 3.63) is 83.9 Å². The lowest BCUT2D eigenvalue weighted by molar-refractivity contribution is 0.630. The van der Waals surface area contributed by atoms with Gasteiger partial charge < -0.3 is 5.73 Å². The van der Waals surface area contributed by atoms with Gasteiger partial charge in [0.15, 0.2) is 0 Å². The Bertz CT molecular complexity index is 979. The Labute approximate surface area is 151 Å². The minimum atomic E-state index is -0.344. The van der Waals surface area contributed by atoms with Gasteiger partial charge in [-0.15, -0.1) is 0 Å². The van der Waals surface area contributed by atoms with Crippen LogP contribution in [0.3, 0.4) is 0 Å². The highest BCUT2D eigenvalue weighted by atomic mass is 19.1. The zero-order valence-corrected chi connectivity index (χ0v) is 14.0. The third-order valence-corrected chi connectivity index (χ3v) is 4.36. The number of rotatable bonds is 3. The van der Waals surface area contributed by atoms with E-state index in [-0.39, 0.29) is 11.9 Å². The van der Waals surface area contributed by atoms with Gasteiger partial charge >= 0.3 is 0 Å². The molecule has 2 heterocycles. The van der Waals surface area contributed by atoms with Gasteiger partial charge in [0, 0.05) is 18.2 Å². The average Bonchev–Trinajstić information content (AvgIpc) is 2.69. The minimum absolute atomic E-state index is 0.119. The van der Waals surface area contributed by atoms with Crippen LogP contribution in [0.25, 0.3) is 16.8 Å². The predicted octanol–water partition coefficient (Wildman–Crippen LogP) is 4.46. The van der Waals surface area contributed by atoms with Crippen LogP contribution in [0.5, 0.6) is 0 Å². The standard InChI is InChI=1S/C21H17FN4/c22-18-11-15(8-9-17(18)19-12-26-20(23)13-25-19)16-7-4-10-24-21(16)14-5-2-1-3-6-14/h1-3,5-13,21H,4H2,(H2,23,26). The highest BCUT2D eigenvalue weighted by Crippen LogP contribution is 2.36. The summed E-state index contributed by atoms with van der Waals surface area (Å²) < 4.78 is 14.8. The van der Waals surface area contributed by atoms with E-state index in [1.54, 1.807) is 6.07 Å². The van der Waals surface area contributed by atoms with Crippen LogP contribution < -0.4 is 5.73 Å². The van der Waals surface area contributed by atoms with Crippen LogP contribution in [-0.4, -0.2) is 16.2 Å². The Morgan fingerprint density at radius 2 is 1.85 bits per heavy atom. The number of nitrogens with two attached hydrogens (primary N) is 1. The van der Waals surface area contributed by atoms with Crippen LogP contribution in [0.2, 0.25) is 0 Å². The van der Waals surface area contributed by atoms with Gasteiger partial charge in [0.1, 0.15) is 11.6 Å². The molecule has 5 heteroatoms. The zero-order valence-electron chi connectivity index (χ0n) is 14.0. The number of dihydropyridines is 1. The molecule has 2 N–H and O–H groups in total. The molecule has 0 saturated heterocycles. The Balaban J connectivity index is 1.70. The molecule has 4 rings (SSSR count). The largest absolute Gasteiger partial charge is 0.382 e. The predicted molar refractivity (Wildman–Crippen MR) is 102 cm³/mol. The van der Waals surface area contributed by atoms with Gasteiger partial charge in [-0.1, -0.05) is 42.5 Å². The van der Waals surface area contributed by atoms with E-state index in [0.29, 0.717) is 17.1 Å². The number of aromatic nitrogens is 2. The molecule has 0 aliphatic carbocycles. The number of allylic oxidation sites excluding steroid dienone is 1. The van der Waals surface area contributed by atoms with E-state index in [4.69, 9.17) is 5.73 Å². The minimum Gasteiger partial charge on any atom is -0.382 e. The lowest BCUT2D eigenvalue weighted by atomic mass is 9.90. The number of anilines is 1. The normalized spacial score (nSPS) is 16.3. The molecule has 128 valence electrons. The van der Waals surface area contributed by atoms with Crippen LogP contribution in [0, 0.1) is 5.82 Å². The summed E-state index contributed by atoms with van der Waals surface area (Å²) in [4.78, 5) is 12.8. The molecule has 2 aromatic carbocycles. The smallest absolute Gasteiger partial charge is 0.141 e. The summed E-state index contributed by atoms with van der Waals surface area (Å²) >= 11 is 0. The van der Waals surface area contributed by atoms with E-state index >= 15 is 0 Å². The van der Waals surface area contributed by atoms with Crippen LogP contribution in [0.1, 0.15) is 23.6 Å². The number of benzene rings is 2. The van der Waals surface area contributed by atoms with Crippen molar-refractivity contribution in [1.82, 2.24) is 9.97 Å². The molecule has 1 aliphatic rings. The highest BCUT2D eigenvalue weighted by Gasteiger charge is 2.20. The molecule has 26 heavy (non-hydrogen) atoms. The first kappa shape index (κ1) is 16.1. The molecule has 1 atom stereocenters. The summed E-state index contributed by atoms with van der Waals surface area (Å²) in [5, 5.41) is 0. The van der Waals surface area contributed by atoms with Gasteiger partial charge in [-0.2, -0.15) is 0 Å². The van der Waals surface area contributed by atoms with Gasteiger partial charge in [0.05, 0.1) is 24.1 Å².